The number of rotatable bonds is 3. The number of hydrogen-bond acceptors (Lipinski definition) is 4. The highest BCUT2D eigenvalue weighted by atomic mass is 15.3. The zero-order valence-corrected chi connectivity index (χ0v) is 12.7. The molecule has 0 amide bonds. The molecule has 1 aromatic heterocycles. The Bertz CT molecular complexity index is 671. The monoisotopic (exact) mass is 283 g/mol. The molecule has 5 nitrogen and oxygen atoms in total. The van der Waals surface area contributed by atoms with Crippen LogP contribution in [0.4, 0.5) is 5.69 Å². The number of aliphatic imine (C=N–C) groups is 1. The Hall–Kier alpha value is -2.30. The van der Waals surface area contributed by atoms with E-state index >= 15 is 0 Å². The van der Waals surface area contributed by atoms with Gasteiger partial charge in [0.1, 0.15) is 0 Å². The number of imidazole rings is 1. The lowest BCUT2D eigenvalue weighted by Gasteiger charge is -2.29. The molecule has 0 fully saturated rings. The predicted molar refractivity (Wildman–Crippen MR) is 85.5 cm³/mol. The zero-order valence-electron chi connectivity index (χ0n) is 12.7. The van der Waals surface area contributed by atoms with Gasteiger partial charge in [-0.1, -0.05) is 18.2 Å². The molecule has 1 aliphatic rings. The highest BCUT2D eigenvalue weighted by molar-refractivity contribution is 5.98. The van der Waals surface area contributed by atoms with Gasteiger partial charge in [0.15, 0.2) is 5.96 Å². The number of aryl methyl sites for hydroxylation is 1. The Morgan fingerprint density at radius 1 is 1.29 bits per heavy atom. The second kappa shape index (κ2) is 5.24. The Kier molecular flexibility index (Phi) is 3.41. The third-order valence-electron chi connectivity index (χ3n) is 3.95. The van der Waals surface area contributed by atoms with Crippen LogP contribution < -0.4 is 10.6 Å². The number of para-hydroxylation sites is 1. The van der Waals surface area contributed by atoms with Crippen LogP contribution in [0.25, 0.3) is 0 Å². The molecular formula is C16H21N5. The lowest BCUT2D eigenvalue weighted by atomic mass is 10.1. The number of nitrogens with zero attached hydrogens (tertiary/aromatic N) is 4. The molecule has 0 radical (unpaired) electrons. The Labute approximate surface area is 125 Å². The van der Waals surface area contributed by atoms with E-state index in [1.807, 2.05) is 24.7 Å². The quantitative estimate of drug-likeness (QED) is 0.942. The molecule has 0 spiro atoms. The average Bonchev–Trinajstić information content (AvgIpc) is 3.06. The molecule has 1 atom stereocenters. The second-order valence-corrected chi connectivity index (χ2v) is 5.69. The molecule has 2 heterocycles. The molecule has 1 aliphatic heterocycles. The number of anilines is 1. The first kappa shape index (κ1) is 13.7. The summed E-state index contributed by atoms with van der Waals surface area (Å²) >= 11 is 0. The summed E-state index contributed by atoms with van der Waals surface area (Å²) in [4.78, 5) is 10.9. The van der Waals surface area contributed by atoms with Gasteiger partial charge in [-0.3, -0.25) is 4.99 Å². The Balaban J connectivity index is 2.04. The Morgan fingerprint density at radius 2 is 2.05 bits per heavy atom. The minimum Gasteiger partial charge on any atom is -0.369 e. The van der Waals surface area contributed by atoms with Gasteiger partial charge in [0.25, 0.3) is 0 Å². The van der Waals surface area contributed by atoms with E-state index in [1.54, 1.807) is 0 Å². The molecule has 1 aromatic carbocycles. The minimum absolute atomic E-state index is 0.107. The third kappa shape index (κ3) is 2.28. The predicted octanol–water partition coefficient (Wildman–Crippen LogP) is 2.65. The number of nitrogens with two attached hydrogens (primary N) is 1. The van der Waals surface area contributed by atoms with Gasteiger partial charge < -0.3 is 15.2 Å². The van der Waals surface area contributed by atoms with Crippen molar-refractivity contribution in [1.29, 1.82) is 0 Å². The lowest BCUT2D eigenvalue weighted by molar-refractivity contribution is 0.549. The summed E-state index contributed by atoms with van der Waals surface area (Å²) in [6.07, 6.45) is 3.80. The molecule has 21 heavy (non-hydrogen) atoms. The topological polar surface area (TPSA) is 59.4 Å². The fraction of sp³-hybridized carbons (Fsp3) is 0.375. The van der Waals surface area contributed by atoms with Crippen molar-refractivity contribution in [3.05, 3.63) is 48.0 Å². The van der Waals surface area contributed by atoms with Gasteiger partial charge >= 0.3 is 0 Å². The summed E-state index contributed by atoms with van der Waals surface area (Å²) in [7, 11) is 0. The minimum atomic E-state index is 0.107. The van der Waals surface area contributed by atoms with Gasteiger partial charge in [0.2, 0.25) is 0 Å². The van der Waals surface area contributed by atoms with E-state index in [4.69, 9.17) is 5.73 Å². The number of benzene rings is 1. The largest absolute Gasteiger partial charge is 0.369 e. The maximum atomic E-state index is 6.15. The summed E-state index contributed by atoms with van der Waals surface area (Å²) in [5.74, 6) is 0.575. The molecule has 0 bridgehead atoms. The maximum Gasteiger partial charge on any atom is 0.196 e. The summed E-state index contributed by atoms with van der Waals surface area (Å²) in [5, 5.41) is 0. The van der Waals surface area contributed by atoms with Gasteiger partial charge in [-0.15, -0.1) is 0 Å². The fourth-order valence-corrected chi connectivity index (χ4v) is 2.85. The van der Waals surface area contributed by atoms with E-state index in [9.17, 15) is 0 Å². The zero-order chi connectivity index (χ0) is 15.0. The molecule has 0 saturated carbocycles. The van der Waals surface area contributed by atoms with Crippen molar-refractivity contribution < 1.29 is 0 Å². The van der Waals surface area contributed by atoms with E-state index in [0.29, 0.717) is 18.5 Å². The highest BCUT2D eigenvalue weighted by Crippen LogP contribution is 2.33. The van der Waals surface area contributed by atoms with Gasteiger partial charge in [-0.05, 0) is 32.4 Å². The normalized spacial score (nSPS) is 18.4. The van der Waals surface area contributed by atoms with Crippen molar-refractivity contribution in [2.75, 3.05) is 11.4 Å². The van der Waals surface area contributed by atoms with E-state index in [1.165, 1.54) is 5.56 Å². The van der Waals surface area contributed by atoms with Gasteiger partial charge in [-0.25, -0.2) is 4.98 Å². The molecule has 2 aromatic rings. The van der Waals surface area contributed by atoms with Crippen LogP contribution in [0.1, 0.15) is 37.2 Å². The number of hydrogen-bond donors (Lipinski definition) is 1. The fourth-order valence-electron chi connectivity index (χ4n) is 2.85. The molecule has 5 heteroatoms. The van der Waals surface area contributed by atoms with E-state index < -0.39 is 0 Å². The van der Waals surface area contributed by atoms with Gasteiger partial charge in [0.05, 0.1) is 30.8 Å². The van der Waals surface area contributed by atoms with E-state index in [2.05, 4.69) is 52.3 Å². The van der Waals surface area contributed by atoms with Crippen molar-refractivity contribution in [3.63, 3.8) is 0 Å². The molecule has 3 rings (SSSR count). The average molecular weight is 283 g/mol. The molecule has 110 valence electrons. The smallest absolute Gasteiger partial charge is 0.196 e. The van der Waals surface area contributed by atoms with E-state index in [-0.39, 0.29) is 6.04 Å². The van der Waals surface area contributed by atoms with Crippen molar-refractivity contribution in [2.24, 2.45) is 10.7 Å². The molecule has 1 unspecified atom stereocenters. The maximum absolute atomic E-state index is 6.15. The van der Waals surface area contributed by atoms with Crippen LogP contribution in [-0.4, -0.2) is 22.1 Å². The van der Waals surface area contributed by atoms with Crippen LogP contribution in [0.2, 0.25) is 0 Å². The summed E-state index contributed by atoms with van der Waals surface area (Å²) in [6, 6.07) is 8.73. The first-order chi connectivity index (χ1) is 10.1. The summed E-state index contributed by atoms with van der Waals surface area (Å²) in [5.41, 5.74) is 9.60. The van der Waals surface area contributed by atoms with Crippen molar-refractivity contribution in [1.82, 2.24) is 9.55 Å². The summed E-state index contributed by atoms with van der Waals surface area (Å²) < 4.78 is 2.18. The molecule has 2 N–H and O–H groups in total. The first-order valence-electron chi connectivity index (χ1n) is 7.26. The second-order valence-electron chi connectivity index (χ2n) is 5.69. The number of guanidine groups is 1. The van der Waals surface area contributed by atoms with Crippen molar-refractivity contribution >= 4 is 11.6 Å². The Morgan fingerprint density at radius 3 is 2.76 bits per heavy atom. The van der Waals surface area contributed by atoms with Crippen LogP contribution >= 0.6 is 0 Å². The van der Waals surface area contributed by atoms with Crippen LogP contribution in [0.5, 0.6) is 0 Å². The van der Waals surface area contributed by atoms with Crippen LogP contribution in [-0.2, 0) is 0 Å². The van der Waals surface area contributed by atoms with Crippen LogP contribution in [0, 0.1) is 6.92 Å². The van der Waals surface area contributed by atoms with E-state index in [0.717, 1.165) is 11.4 Å². The van der Waals surface area contributed by atoms with Crippen LogP contribution in [0.15, 0.2) is 41.8 Å². The van der Waals surface area contributed by atoms with Crippen molar-refractivity contribution in [3.8, 4) is 0 Å². The highest BCUT2D eigenvalue weighted by Gasteiger charge is 2.32. The SMILES string of the molecule is Cc1ccccc1N1C(N)=NCC1c1cncn1C(C)C. The first-order valence-corrected chi connectivity index (χ1v) is 7.26. The van der Waals surface area contributed by atoms with Crippen molar-refractivity contribution in [2.45, 2.75) is 32.9 Å². The number of aromatic nitrogens is 2. The lowest BCUT2D eigenvalue weighted by Crippen LogP contribution is -2.37. The standard InChI is InChI=1S/C16H21N5/c1-11(2)20-10-18-8-14(20)15-9-19-16(17)21(15)13-7-5-4-6-12(13)3/h4-8,10-11,15H,9H2,1-3H3,(H2,17,19). The third-order valence-corrected chi connectivity index (χ3v) is 3.95. The molecule has 0 aliphatic carbocycles. The summed E-state index contributed by atoms with van der Waals surface area (Å²) in [6.45, 7) is 7.07. The van der Waals surface area contributed by atoms with Crippen LogP contribution in [0.3, 0.4) is 0 Å². The van der Waals surface area contributed by atoms with Gasteiger partial charge in [0, 0.05) is 11.7 Å². The molecule has 0 saturated heterocycles. The molecular weight excluding hydrogens is 262 g/mol. The van der Waals surface area contributed by atoms with Gasteiger partial charge in [-0.2, -0.15) is 0 Å².